The maximum absolute atomic E-state index is 12.0. The molecule has 8 heteroatoms. The summed E-state index contributed by atoms with van der Waals surface area (Å²) in [6, 6.07) is 0. The summed E-state index contributed by atoms with van der Waals surface area (Å²) in [5, 5.41) is 0. The summed E-state index contributed by atoms with van der Waals surface area (Å²) < 4.78 is 40.0. The van der Waals surface area contributed by atoms with Gasteiger partial charge in [0, 0.05) is 12.1 Å². The van der Waals surface area contributed by atoms with Crippen molar-refractivity contribution in [2.45, 2.75) is 12.9 Å². The molecule has 0 atom stereocenters. The van der Waals surface area contributed by atoms with Crippen LogP contribution < -0.4 is 16.2 Å². The molecule has 0 aliphatic rings. The minimum Gasteiger partial charge on any atom is -0.403 e. The van der Waals surface area contributed by atoms with E-state index in [0.717, 1.165) is 6.20 Å². The summed E-state index contributed by atoms with van der Waals surface area (Å²) in [6.07, 6.45) is -3.75. The summed E-state index contributed by atoms with van der Waals surface area (Å²) >= 11 is 2.95. The highest BCUT2D eigenvalue weighted by Crippen LogP contribution is 2.34. The number of ether oxygens (including phenoxy) is 1. The number of anilines is 1. The largest absolute Gasteiger partial charge is 0.573 e. The quantitative estimate of drug-likeness (QED) is 0.813. The van der Waals surface area contributed by atoms with Crippen LogP contribution in [0.25, 0.3) is 0 Å². The second-order valence-electron chi connectivity index (χ2n) is 2.56. The minimum absolute atomic E-state index is 0.0762. The average molecular weight is 286 g/mol. The van der Waals surface area contributed by atoms with E-state index in [0.29, 0.717) is 0 Å². The molecule has 15 heavy (non-hydrogen) atoms. The number of alkyl halides is 3. The van der Waals surface area contributed by atoms with Gasteiger partial charge in [-0.15, -0.1) is 13.2 Å². The Hall–Kier alpha value is -1.02. The van der Waals surface area contributed by atoms with Crippen molar-refractivity contribution in [3.8, 4) is 5.75 Å². The molecule has 1 heterocycles. The number of halogens is 4. The smallest absolute Gasteiger partial charge is 0.403 e. The second-order valence-corrected chi connectivity index (χ2v) is 3.32. The molecule has 4 nitrogen and oxygen atoms in total. The monoisotopic (exact) mass is 285 g/mol. The molecule has 0 bridgehead atoms. The maximum atomic E-state index is 12.0. The van der Waals surface area contributed by atoms with E-state index in [9.17, 15) is 13.2 Å². The van der Waals surface area contributed by atoms with Crippen LogP contribution in [0.1, 0.15) is 5.56 Å². The van der Waals surface area contributed by atoms with Crippen LogP contribution >= 0.6 is 15.9 Å². The first-order valence-corrected chi connectivity index (χ1v) is 4.53. The van der Waals surface area contributed by atoms with Gasteiger partial charge in [-0.1, -0.05) is 0 Å². The van der Waals surface area contributed by atoms with Gasteiger partial charge in [0.05, 0.1) is 11.9 Å². The van der Waals surface area contributed by atoms with Gasteiger partial charge in [-0.25, -0.2) is 4.98 Å². The lowest BCUT2D eigenvalue weighted by molar-refractivity contribution is -0.274. The van der Waals surface area contributed by atoms with Crippen LogP contribution in [0.2, 0.25) is 0 Å². The molecule has 0 radical (unpaired) electrons. The highest BCUT2D eigenvalue weighted by Gasteiger charge is 2.33. The molecule has 0 spiro atoms. The summed E-state index contributed by atoms with van der Waals surface area (Å²) in [5.41, 5.74) is 10.4. The van der Waals surface area contributed by atoms with Gasteiger partial charge in [0.1, 0.15) is 4.60 Å². The molecule has 1 rings (SSSR count). The molecule has 0 amide bonds. The molecule has 0 aromatic carbocycles. The van der Waals surface area contributed by atoms with Gasteiger partial charge in [0.2, 0.25) is 0 Å². The van der Waals surface area contributed by atoms with E-state index < -0.39 is 12.1 Å². The Morgan fingerprint density at radius 1 is 1.47 bits per heavy atom. The first-order valence-electron chi connectivity index (χ1n) is 3.74. The molecule has 0 saturated heterocycles. The van der Waals surface area contributed by atoms with E-state index in [-0.39, 0.29) is 22.4 Å². The zero-order valence-corrected chi connectivity index (χ0v) is 8.89. The lowest BCUT2D eigenvalue weighted by atomic mass is 10.2. The Bertz CT molecular complexity index is 369. The number of hydrogen-bond donors (Lipinski definition) is 2. The zero-order valence-electron chi connectivity index (χ0n) is 7.31. The van der Waals surface area contributed by atoms with Crippen LogP contribution in [0.15, 0.2) is 10.8 Å². The fourth-order valence-electron chi connectivity index (χ4n) is 0.944. The minimum atomic E-state index is -4.81. The van der Waals surface area contributed by atoms with Crippen LogP contribution in [0.3, 0.4) is 0 Å². The molecule has 0 unspecified atom stereocenters. The molecule has 0 aliphatic carbocycles. The molecule has 4 N–H and O–H groups in total. The number of rotatable bonds is 2. The number of pyridine rings is 1. The number of nitrogens with two attached hydrogens (primary N) is 2. The van der Waals surface area contributed by atoms with E-state index in [1.165, 1.54) is 0 Å². The third kappa shape index (κ3) is 2.96. The fraction of sp³-hybridized carbons (Fsp3) is 0.286. The Labute approximate surface area is 91.5 Å². The molecular weight excluding hydrogens is 279 g/mol. The van der Waals surface area contributed by atoms with Crippen LogP contribution in [0.4, 0.5) is 18.9 Å². The molecule has 84 valence electrons. The summed E-state index contributed by atoms with van der Waals surface area (Å²) in [4.78, 5) is 3.70. The number of aromatic nitrogens is 1. The Balaban J connectivity index is 3.20. The molecule has 0 fully saturated rings. The Morgan fingerprint density at radius 2 is 2.07 bits per heavy atom. The molecule has 1 aromatic heterocycles. The van der Waals surface area contributed by atoms with Crippen molar-refractivity contribution in [1.29, 1.82) is 0 Å². The third-order valence-corrected chi connectivity index (χ3v) is 2.21. The molecule has 1 aromatic rings. The van der Waals surface area contributed by atoms with Crippen molar-refractivity contribution < 1.29 is 17.9 Å². The van der Waals surface area contributed by atoms with Crippen LogP contribution in [0.5, 0.6) is 5.75 Å². The summed E-state index contributed by atoms with van der Waals surface area (Å²) in [5.74, 6) is -0.508. The SMILES string of the molecule is NCc1c(Br)ncc(N)c1OC(F)(F)F. The second kappa shape index (κ2) is 4.23. The number of hydrogen-bond acceptors (Lipinski definition) is 4. The van der Waals surface area contributed by atoms with Crippen molar-refractivity contribution in [2.24, 2.45) is 5.73 Å². The van der Waals surface area contributed by atoms with Crippen molar-refractivity contribution in [1.82, 2.24) is 4.98 Å². The normalized spacial score (nSPS) is 11.5. The standard InChI is InChI=1S/C7H7BrF3N3O/c8-6-3(1-12)5(4(13)2-14-6)15-7(9,10)11/h2H,1,12-13H2. The van der Waals surface area contributed by atoms with Gasteiger partial charge in [0.25, 0.3) is 0 Å². The summed E-state index contributed by atoms with van der Waals surface area (Å²) in [6.45, 7) is -0.163. The van der Waals surface area contributed by atoms with Gasteiger partial charge in [-0.3, -0.25) is 0 Å². The van der Waals surface area contributed by atoms with E-state index in [4.69, 9.17) is 11.5 Å². The highest BCUT2D eigenvalue weighted by atomic mass is 79.9. The molecular formula is C7H7BrF3N3O. The predicted molar refractivity (Wildman–Crippen MR) is 50.9 cm³/mol. The van der Waals surface area contributed by atoms with Gasteiger partial charge < -0.3 is 16.2 Å². The topological polar surface area (TPSA) is 74.2 Å². The Kier molecular flexibility index (Phi) is 3.40. The highest BCUT2D eigenvalue weighted by molar-refractivity contribution is 9.10. The maximum Gasteiger partial charge on any atom is 0.573 e. The van der Waals surface area contributed by atoms with Crippen molar-refractivity contribution >= 4 is 21.6 Å². The van der Waals surface area contributed by atoms with E-state index in [1.54, 1.807) is 0 Å². The lowest BCUT2D eigenvalue weighted by Gasteiger charge is -2.14. The third-order valence-electron chi connectivity index (χ3n) is 1.52. The number of nitrogen functional groups attached to an aromatic ring is 1. The van der Waals surface area contributed by atoms with E-state index in [1.807, 2.05) is 0 Å². The van der Waals surface area contributed by atoms with Gasteiger partial charge in [-0.05, 0) is 15.9 Å². The number of nitrogens with zero attached hydrogens (tertiary/aromatic N) is 1. The van der Waals surface area contributed by atoms with Crippen LogP contribution in [0, 0.1) is 0 Å². The lowest BCUT2D eigenvalue weighted by Crippen LogP contribution is -2.20. The first-order chi connectivity index (χ1) is 6.85. The van der Waals surface area contributed by atoms with Crippen LogP contribution in [-0.2, 0) is 6.54 Å². The zero-order chi connectivity index (χ0) is 11.6. The summed E-state index contributed by atoms with van der Waals surface area (Å²) in [7, 11) is 0. The van der Waals surface area contributed by atoms with Gasteiger partial charge >= 0.3 is 6.36 Å². The van der Waals surface area contributed by atoms with Gasteiger partial charge in [-0.2, -0.15) is 0 Å². The fourth-order valence-corrected chi connectivity index (χ4v) is 1.39. The van der Waals surface area contributed by atoms with Crippen LogP contribution in [-0.4, -0.2) is 11.3 Å². The van der Waals surface area contributed by atoms with Crippen molar-refractivity contribution in [3.05, 3.63) is 16.4 Å². The van der Waals surface area contributed by atoms with E-state index in [2.05, 4.69) is 25.7 Å². The van der Waals surface area contributed by atoms with Gasteiger partial charge in [0.15, 0.2) is 5.75 Å². The van der Waals surface area contributed by atoms with E-state index >= 15 is 0 Å². The Morgan fingerprint density at radius 3 is 2.53 bits per heavy atom. The molecule has 0 saturated carbocycles. The average Bonchev–Trinajstić information content (AvgIpc) is 2.10. The molecule has 0 aliphatic heterocycles. The van der Waals surface area contributed by atoms with Crippen molar-refractivity contribution in [3.63, 3.8) is 0 Å². The van der Waals surface area contributed by atoms with Crippen molar-refractivity contribution in [2.75, 3.05) is 5.73 Å². The predicted octanol–water partition coefficient (Wildman–Crippen LogP) is 1.78. The first kappa shape index (κ1) is 12.1.